The lowest BCUT2D eigenvalue weighted by atomic mass is 10.0. The average Bonchev–Trinajstić information content (AvgIpc) is 2.77. The van der Waals surface area contributed by atoms with Crippen LogP contribution >= 0.6 is 0 Å². The number of hydrogen-bond acceptors (Lipinski definition) is 3. The molecule has 2 amide bonds. The first-order valence-corrected chi connectivity index (χ1v) is 10.5. The lowest BCUT2D eigenvalue weighted by Gasteiger charge is -2.32. The summed E-state index contributed by atoms with van der Waals surface area (Å²) >= 11 is 0. The highest BCUT2D eigenvalue weighted by molar-refractivity contribution is 5.77. The van der Waals surface area contributed by atoms with E-state index in [2.05, 4.69) is 5.32 Å². The van der Waals surface area contributed by atoms with Crippen LogP contribution in [0.1, 0.15) is 36.8 Å². The van der Waals surface area contributed by atoms with Crippen LogP contribution < -0.4 is 10.1 Å². The van der Waals surface area contributed by atoms with Crippen LogP contribution in [0.3, 0.4) is 0 Å². The summed E-state index contributed by atoms with van der Waals surface area (Å²) in [6.07, 6.45) is 3.58. The quantitative estimate of drug-likeness (QED) is 0.722. The van der Waals surface area contributed by atoms with Crippen molar-refractivity contribution in [2.75, 3.05) is 20.2 Å². The van der Waals surface area contributed by atoms with E-state index < -0.39 is 5.82 Å². The van der Waals surface area contributed by atoms with Gasteiger partial charge in [-0.1, -0.05) is 36.4 Å². The van der Waals surface area contributed by atoms with E-state index in [4.69, 9.17) is 4.74 Å². The van der Waals surface area contributed by atoms with E-state index in [0.29, 0.717) is 32.4 Å². The Bertz CT molecular complexity index is 849. The van der Waals surface area contributed by atoms with Crippen LogP contribution in [0.2, 0.25) is 0 Å². The number of methoxy groups -OCH3 is 1. The van der Waals surface area contributed by atoms with Crippen LogP contribution in [0.4, 0.5) is 4.39 Å². The van der Waals surface area contributed by atoms with E-state index in [-0.39, 0.29) is 23.6 Å². The van der Waals surface area contributed by atoms with Gasteiger partial charge >= 0.3 is 0 Å². The summed E-state index contributed by atoms with van der Waals surface area (Å²) in [6, 6.07) is 14.9. The number of nitrogens with zero attached hydrogens (tertiary/aromatic N) is 1. The topological polar surface area (TPSA) is 58.6 Å². The number of rotatable bonds is 8. The van der Waals surface area contributed by atoms with Gasteiger partial charge in [0.15, 0.2) is 11.6 Å². The van der Waals surface area contributed by atoms with Crippen LogP contribution in [0.15, 0.2) is 48.5 Å². The van der Waals surface area contributed by atoms with E-state index in [9.17, 15) is 14.0 Å². The van der Waals surface area contributed by atoms with Crippen molar-refractivity contribution >= 4 is 11.8 Å². The molecule has 0 atom stereocenters. The molecule has 1 saturated heterocycles. The Hall–Kier alpha value is -2.89. The predicted molar refractivity (Wildman–Crippen MR) is 114 cm³/mol. The minimum atomic E-state index is -0.411. The number of halogens is 1. The van der Waals surface area contributed by atoms with Gasteiger partial charge in [-0.3, -0.25) is 9.59 Å². The van der Waals surface area contributed by atoms with Gasteiger partial charge in [-0.15, -0.1) is 0 Å². The fraction of sp³-hybridized carbons (Fsp3) is 0.417. The number of piperidine rings is 1. The third-order valence-electron chi connectivity index (χ3n) is 5.54. The van der Waals surface area contributed by atoms with Gasteiger partial charge in [-0.25, -0.2) is 4.39 Å². The maximum atomic E-state index is 13.8. The number of carbonyl (C=O) groups is 2. The van der Waals surface area contributed by atoms with Gasteiger partial charge in [-0.2, -0.15) is 0 Å². The molecule has 1 aliphatic rings. The smallest absolute Gasteiger partial charge is 0.222 e. The first kappa shape index (κ1) is 21.8. The summed E-state index contributed by atoms with van der Waals surface area (Å²) in [5, 5.41) is 3.09. The monoisotopic (exact) mass is 412 g/mol. The Labute approximate surface area is 177 Å². The SMILES string of the molecule is COc1ccc(CCC(=O)N2CCC(NC(=O)CCc3ccccc3)CC2)cc1F. The first-order chi connectivity index (χ1) is 14.5. The predicted octanol–water partition coefficient (Wildman–Crippen LogP) is 3.51. The maximum Gasteiger partial charge on any atom is 0.222 e. The normalized spacial score (nSPS) is 14.4. The summed E-state index contributed by atoms with van der Waals surface area (Å²) in [6.45, 7) is 1.28. The van der Waals surface area contributed by atoms with Gasteiger partial charge in [0.05, 0.1) is 7.11 Å². The molecule has 1 fully saturated rings. The zero-order valence-corrected chi connectivity index (χ0v) is 17.4. The lowest BCUT2D eigenvalue weighted by Crippen LogP contribution is -2.46. The molecule has 0 bridgehead atoms. The molecule has 0 unspecified atom stereocenters. The van der Waals surface area contributed by atoms with Crippen molar-refractivity contribution in [2.45, 2.75) is 44.6 Å². The van der Waals surface area contributed by atoms with Crippen LogP contribution in [0, 0.1) is 5.82 Å². The molecule has 30 heavy (non-hydrogen) atoms. The molecule has 3 rings (SSSR count). The van der Waals surface area contributed by atoms with Gasteiger partial charge in [0.2, 0.25) is 11.8 Å². The molecule has 0 aromatic heterocycles. The summed E-state index contributed by atoms with van der Waals surface area (Å²) in [4.78, 5) is 26.5. The molecule has 2 aromatic rings. The summed E-state index contributed by atoms with van der Waals surface area (Å²) < 4.78 is 18.7. The van der Waals surface area contributed by atoms with E-state index in [1.165, 1.54) is 13.2 Å². The van der Waals surface area contributed by atoms with Gasteiger partial charge in [0, 0.05) is 32.0 Å². The molecule has 1 aliphatic heterocycles. The van der Waals surface area contributed by atoms with E-state index in [1.54, 1.807) is 12.1 Å². The minimum Gasteiger partial charge on any atom is -0.494 e. The summed E-state index contributed by atoms with van der Waals surface area (Å²) in [5.74, 6) is -0.0746. The highest BCUT2D eigenvalue weighted by Gasteiger charge is 2.23. The number of aryl methyl sites for hydroxylation is 2. The van der Waals surface area contributed by atoms with Crippen LogP contribution in [-0.4, -0.2) is 43.0 Å². The lowest BCUT2D eigenvalue weighted by molar-refractivity contribution is -0.132. The molecule has 160 valence electrons. The second-order valence-corrected chi connectivity index (χ2v) is 7.68. The van der Waals surface area contributed by atoms with Crippen molar-refractivity contribution in [1.82, 2.24) is 10.2 Å². The van der Waals surface area contributed by atoms with Gasteiger partial charge < -0.3 is 15.0 Å². The van der Waals surface area contributed by atoms with Crippen LogP contribution in [-0.2, 0) is 22.4 Å². The molecular weight excluding hydrogens is 383 g/mol. The molecular formula is C24H29FN2O3. The van der Waals surface area contributed by atoms with Crippen LogP contribution in [0.25, 0.3) is 0 Å². The molecule has 6 heteroatoms. The standard InChI is InChI=1S/C24H29FN2O3/c1-30-22-10-7-19(17-21(22)25)9-12-24(29)27-15-13-20(14-16-27)26-23(28)11-8-18-5-3-2-4-6-18/h2-7,10,17,20H,8-9,11-16H2,1H3,(H,26,28). The van der Waals surface area contributed by atoms with Crippen molar-refractivity contribution in [2.24, 2.45) is 0 Å². The third-order valence-corrected chi connectivity index (χ3v) is 5.54. The molecule has 1 heterocycles. The molecule has 0 spiro atoms. The maximum absolute atomic E-state index is 13.8. The van der Waals surface area contributed by atoms with Crippen molar-refractivity contribution in [3.8, 4) is 5.75 Å². The molecule has 0 saturated carbocycles. The highest BCUT2D eigenvalue weighted by Crippen LogP contribution is 2.19. The number of nitrogens with one attached hydrogen (secondary N) is 1. The molecule has 1 N–H and O–H groups in total. The summed E-state index contributed by atoms with van der Waals surface area (Å²) in [7, 11) is 1.43. The Morgan fingerprint density at radius 3 is 2.40 bits per heavy atom. The van der Waals surface area contributed by atoms with Crippen LogP contribution in [0.5, 0.6) is 5.75 Å². The average molecular weight is 413 g/mol. The second-order valence-electron chi connectivity index (χ2n) is 7.68. The van der Waals surface area contributed by atoms with Gasteiger partial charge in [0.25, 0.3) is 0 Å². The molecule has 5 nitrogen and oxygen atoms in total. The largest absolute Gasteiger partial charge is 0.494 e. The number of carbonyl (C=O) groups excluding carboxylic acids is 2. The van der Waals surface area contributed by atoms with E-state index in [1.807, 2.05) is 35.2 Å². The fourth-order valence-electron chi connectivity index (χ4n) is 3.75. The zero-order valence-electron chi connectivity index (χ0n) is 17.4. The number of benzene rings is 2. The van der Waals surface area contributed by atoms with Crippen molar-refractivity contribution in [3.05, 3.63) is 65.5 Å². The van der Waals surface area contributed by atoms with E-state index >= 15 is 0 Å². The zero-order chi connectivity index (χ0) is 21.3. The fourth-order valence-corrected chi connectivity index (χ4v) is 3.75. The van der Waals surface area contributed by atoms with Gasteiger partial charge in [0.1, 0.15) is 0 Å². The Balaban J connectivity index is 1.36. The Morgan fingerprint density at radius 2 is 1.73 bits per heavy atom. The van der Waals surface area contributed by atoms with Gasteiger partial charge in [-0.05, 0) is 48.9 Å². The van der Waals surface area contributed by atoms with E-state index in [0.717, 1.165) is 30.4 Å². The molecule has 2 aromatic carbocycles. The van der Waals surface area contributed by atoms with Crippen molar-refractivity contribution in [1.29, 1.82) is 0 Å². The molecule has 0 radical (unpaired) electrons. The third kappa shape index (κ3) is 6.31. The second kappa shape index (κ2) is 10.8. The molecule has 0 aliphatic carbocycles. The number of amides is 2. The van der Waals surface area contributed by atoms with Crippen molar-refractivity contribution < 1.29 is 18.7 Å². The number of hydrogen-bond donors (Lipinski definition) is 1. The minimum absolute atomic E-state index is 0.0603. The Morgan fingerprint density at radius 1 is 1.03 bits per heavy atom. The van der Waals surface area contributed by atoms with Crippen molar-refractivity contribution in [3.63, 3.8) is 0 Å². The Kier molecular flexibility index (Phi) is 7.82. The number of ether oxygens (including phenoxy) is 1. The number of likely N-dealkylation sites (tertiary alicyclic amines) is 1. The highest BCUT2D eigenvalue weighted by atomic mass is 19.1. The summed E-state index contributed by atoms with van der Waals surface area (Å²) in [5.41, 5.74) is 1.94. The first-order valence-electron chi connectivity index (χ1n) is 10.5.